The van der Waals surface area contributed by atoms with E-state index < -0.39 is 74.4 Å². The molecule has 3 rings (SSSR count). The highest BCUT2D eigenvalue weighted by Crippen LogP contribution is 2.27. The Morgan fingerprint density at radius 1 is 0.633 bits per heavy atom. The van der Waals surface area contributed by atoms with E-state index in [0.29, 0.717) is 5.56 Å². The lowest BCUT2D eigenvalue weighted by molar-refractivity contribution is -0.277. The van der Waals surface area contributed by atoms with Gasteiger partial charge < -0.3 is 55.1 Å². The Morgan fingerprint density at radius 2 is 1.13 bits per heavy atom. The van der Waals surface area contributed by atoms with Crippen LogP contribution in [0.3, 0.4) is 0 Å². The van der Waals surface area contributed by atoms with Gasteiger partial charge in [0, 0.05) is 6.42 Å². The van der Waals surface area contributed by atoms with E-state index in [1.807, 2.05) is 0 Å². The first-order valence-electron chi connectivity index (χ1n) is 9.63. The largest absolute Gasteiger partial charge is 0.462 e. The summed E-state index contributed by atoms with van der Waals surface area (Å²) in [6, 6.07) is 6.36. The third-order valence-corrected chi connectivity index (χ3v) is 5.45. The number of benzene rings is 1. The Balaban J connectivity index is 1.62. The molecule has 10 unspecified atom stereocenters. The van der Waals surface area contributed by atoms with Crippen LogP contribution in [0.15, 0.2) is 24.3 Å². The maximum Gasteiger partial charge on any atom is 0.229 e. The minimum atomic E-state index is -1.55. The Hall–Kier alpha value is -1.38. The summed E-state index contributed by atoms with van der Waals surface area (Å²) >= 11 is 0. The fraction of sp³-hybridized carbons (Fsp3) is 0.684. The quantitative estimate of drug-likeness (QED) is 0.220. The van der Waals surface area contributed by atoms with Gasteiger partial charge in [-0.2, -0.15) is 0 Å². The highest BCUT2D eigenvalue weighted by Gasteiger charge is 2.45. The molecule has 2 aliphatic heterocycles. The van der Waals surface area contributed by atoms with Crippen LogP contribution in [0, 0.1) is 0 Å². The van der Waals surface area contributed by atoms with Crippen molar-refractivity contribution < 1.29 is 55.1 Å². The fourth-order valence-corrected chi connectivity index (χ4v) is 3.58. The molecule has 11 nitrogen and oxygen atoms in total. The zero-order valence-corrected chi connectivity index (χ0v) is 16.0. The number of hydrogen-bond donors (Lipinski definition) is 8. The third-order valence-electron chi connectivity index (χ3n) is 5.45. The molecule has 0 bridgehead atoms. The summed E-state index contributed by atoms with van der Waals surface area (Å²) in [6.45, 7) is -1.07. The molecule has 11 heteroatoms. The molecular weight excluding hydrogens is 404 g/mol. The monoisotopic (exact) mass is 432 g/mol. The first kappa shape index (κ1) is 23.3. The molecule has 0 amide bonds. The minimum Gasteiger partial charge on any atom is -0.462 e. The van der Waals surface area contributed by atoms with Gasteiger partial charge in [-0.1, -0.05) is 12.1 Å². The molecule has 2 fully saturated rings. The van der Waals surface area contributed by atoms with E-state index in [0.717, 1.165) is 0 Å². The molecule has 1 aromatic rings. The van der Waals surface area contributed by atoms with Crippen LogP contribution in [0.1, 0.15) is 5.56 Å². The Bertz CT molecular complexity index is 610. The van der Waals surface area contributed by atoms with Gasteiger partial charge in [0.2, 0.25) is 6.29 Å². The smallest absolute Gasteiger partial charge is 0.229 e. The second kappa shape index (κ2) is 9.83. The predicted molar refractivity (Wildman–Crippen MR) is 98.3 cm³/mol. The first-order chi connectivity index (χ1) is 14.3. The van der Waals surface area contributed by atoms with E-state index in [1.165, 1.54) is 0 Å². The predicted octanol–water partition coefficient (Wildman–Crippen LogP) is -3.75. The molecule has 1 aromatic carbocycles. The van der Waals surface area contributed by atoms with Crippen LogP contribution in [0.2, 0.25) is 0 Å². The fourth-order valence-electron chi connectivity index (χ4n) is 3.58. The minimum absolute atomic E-state index is 0.182. The van der Waals surface area contributed by atoms with Crippen LogP contribution in [-0.2, 0) is 15.9 Å². The first-order valence-corrected chi connectivity index (χ1v) is 9.63. The van der Waals surface area contributed by atoms with Crippen LogP contribution in [0.25, 0.3) is 0 Å². The Labute approximate surface area is 172 Å². The lowest BCUT2D eigenvalue weighted by atomic mass is 9.91. The molecule has 30 heavy (non-hydrogen) atoms. The lowest BCUT2D eigenvalue weighted by Gasteiger charge is -2.40. The van der Waals surface area contributed by atoms with E-state index in [2.05, 4.69) is 0 Å². The molecule has 2 saturated heterocycles. The standard InChI is InChI=1S/C19H28O11/c20-6-11-14(23)16(25)13(22)10(29-11)5-8-1-3-9(4-2-8)28-19-18(27)17(26)15(24)12(7-21)30-19/h1-4,10-27H,5-7H2. The van der Waals surface area contributed by atoms with Crippen LogP contribution in [0.4, 0.5) is 0 Å². The summed E-state index contributed by atoms with van der Waals surface area (Å²) in [5, 5.41) is 77.9. The van der Waals surface area contributed by atoms with Gasteiger partial charge in [-0.05, 0) is 17.7 Å². The second-order valence-corrected chi connectivity index (χ2v) is 7.53. The van der Waals surface area contributed by atoms with Crippen molar-refractivity contribution in [3.05, 3.63) is 29.8 Å². The van der Waals surface area contributed by atoms with E-state index in [-0.39, 0.29) is 12.2 Å². The molecule has 0 saturated carbocycles. The second-order valence-electron chi connectivity index (χ2n) is 7.53. The number of ether oxygens (including phenoxy) is 3. The highest BCUT2D eigenvalue weighted by molar-refractivity contribution is 5.28. The van der Waals surface area contributed by atoms with Crippen molar-refractivity contribution in [2.45, 2.75) is 67.6 Å². The molecule has 0 radical (unpaired) electrons. The van der Waals surface area contributed by atoms with Gasteiger partial charge in [0.05, 0.1) is 19.3 Å². The summed E-state index contributed by atoms with van der Waals surface area (Å²) in [5.41, 5.74) is 0.695. The van der Waals surface area contributed by atoms with E-state index in [4.69, 9.17) is 14.2 Å². The van der Waals surface area contributed by atoms with Gasteiger partial charge in [-0.15, -0.1) is 0 Å². The summed E-state index contributed by atoms with van der Waals surface area (Å²) in [4.78, 5) is 0. The summed E-state index contributed by atoms with van der Waals surface area (Å²) in [6.07, 6.45) is -12.8. The molecule has 10 atom stereocenters. The topological polar surface area (TPSA) is 190 Å². The number of aliphatic hydroxyl groups is 8. The molecule has 0 spiro atoms. The Morgan fingerprint density at radius 3 is 1.70 bits per heavy atom. The van der Waals surface area contributed by atoms with Gasteiger partial charge in [-0.3, -0.25) is 0 Å². The molecule has 2 heterocycles. The average Bonchev–Trinajstić information content (AvgIpc) is 2.75. The highest BCUT2D eigenvalue weighted by atomic mass is 16.7. The van der Waals surface area contributed by atoms with Gasteiger partial charge in [0.25, 0.3) is 0 Å². The normalized spacial score (nSPS) is 42.1. The summed E-state index contributed by atoms with van der Waals surface area (Å²) < 4.78 is 16.3. The molecule has 0 aliphatic carbocycles. The van der Waals surface area contributed by atoms with Crippen molar-refractivity contribution in [2.75, 3.05) is 13.2 Å². The summed E-state index contributed by atoms with van der Waals surface area (Å²) in [7, 11) is 0. The zero-order chi connectivity index (χ0) is 22.0. The SMILES string of the molecule is OCC1OC(Cc2ccc(OC3OC(CO)C(O)C(O)C3O)cc2)C(O)C(O)C1O. The maximum atomic E-state index is 10.1. The lowest BCUT2D eigenvalue weighted by Crippen LogP contribution is -2.60. The number of rotatable bonds is 6. The number of hydrogen-bond acceptors (Lipinski definition) is 11. The summed E-state index contributed by atoms with van der Waals surface area (Å²) in [5.74, 6) is 0.275. The molecule has 2 aliphatic rings. The van der Waals surface area contributed by atoms with E-state index in [9.17, 15) is 40.9 Å². The van der Waals surface area contributed by atoms with Crippen molar-refractivity contribution in [3.8, 4) is 5.75 Å². The van der Waals surface area contributed by atoms with Crippen molar-refractivity contribution in [3.63, 3.8) is 0 Å². The molecular formula is C19H28O11. The van der Waals surface area contributed by atoms with Crippen molar-refractivity contribution >= 4 is 0 Å². The molecule has 0 aromatic heterocycles. The van der Waals surface area contributed by atoms with Gasteiger partial charge in [-0.25, -0.2) is 0 Å². The molecule has 170 valence electrons. The molecule has 8 N–H and O–H groups in total. The van der Waals surface area contributed by atoms with E-state index in [1.54, 1.807) is 24.3 Å². The van der Waals surface area contributed by atoms with E-state index >= 15 is 0 Å². The Kier molecular flexibility index (Phi) is 7.63. The van der Waals surface area contributed by atoms with Gasteiger partial charge in [0.1, 0.15) is 54.6 Å². The van der Waals surface area contributed by atoms with Crippen molar-refractivity contribution in [1.82, 2.24) is 0 Å². The van der Waals surface area contributed by atoms with Crippen molar-refractivity contribution in [2.24, 2.45) is 0 Å². The average molecular weight is 432 g/mol. The van der Waals surface area contributed by atoms with Crippen molar-refractivity contribution in [1.29, 1.82) is 0 Å². The van der Waals surface area contributed by atoms with Crippen LogP contribution in [0.5, 0.6) is 5.75 Å². The zero-order valence-electron chi connectivity index (χ0n) is 16.0. The third kappa shape index (κ3) is 4.75. The van der Waals surface area contributed by atoms with Crippen LogP contribution in [-0.4, -0.2) is 115 Å². The van der Waals surface area contributed by atoms with Gasteiger partial charge in [0.15, 0.2) is 0 Å². The van der Waals surface area contributed by atoms with Crippen LogP contribution >= 0.6 is 0 Å². The van der Waals surface area contributed by atoms with Crippen LogP contribution < -0.4 is 4.74 Å². The number of aliphatic hydroxyl groups excluding tert-OH is 8. The maximum absolute atomic E-state index is 10.1. The van der Waals surface area contributed by atoms with Gasteiger partial charge >= 0.3 is 0 Å².